The van der Waals surface area contributed by atoms with E-state index in [1.807, 2.05) is 12.1 Å². The number of nitrogens with one attached hydrogen (secondary N) is 1. The predicted octanol–water partition coefficient (Wildman–Crippen LogP) is 6.23. The minimum absolute atomic E-state index is 0.181. The maximum Gasteiger partial charge on any atom is 0.264 e. The molecular formula is C20H18Cl2N2OS. The van der Waals surface area contributed by atoms with Crippen LogP contribution in [0.2, 0.25) is 10.0 Å². The smallest absolute Gasteiger partial charge is 0.264 e. The number of nitrogens with zero attached hydrogens (tertiary/aromatic N) is 1. The molecule has 1 saturated heterocycles. The van der Waals surface area contributed by atoms with Crippen LogP contribution in [0.15, 0.2) is 52.4 Å². The Morgan fingerprint density at radius 1 is 1.15 bits per heavy atom. The van der Waals surface area contributed by atoms with Gasteiger partial charge in [0.15, 0.2) is 5.17 Å². The van der Waals surface area contributed by atoms with Crippen LogP contribution < -0.4 is 5.32 Å². The van der Waals surface area contributed by atoms with Gasteiger partial charge in [-0.1, -0.05) is 54.7 Å². The summed E-state index contributed by atoms with van der Waals surface area (Å²) in [7, 11) is 0. The number of benzene rings is 2. The number of hydrogen-bond acceptors (Lipinski definition) is 3. The normalized spacial score (nSPS) is 17.1. The fourth-order valence-corrected chi connectivity index (χ4v) is 3.77. The van der Waals surface area contributed by atoms with Crippen LogP contribution in [0.3, 0.4) is 0 Å². The first-order valence-corrected chi connectivity index (χ1v) is 9.96. The van der Waals surface area contributed by atoms with Crippen molar-refractivity contribution in [3.8, 4) is 0 Å². The van der Waals surface area contributed by atoms with Gasteiger partial charge in [0, 0.05) is 10.0 Å². The van der Waals surface area contributed by atoms with E-state index in [4.69, 9.17) is 23.2 Å². The number of halogens is 2. The first-order chi connectivity index (χ1) is 12.5. The lowest BCUT2D eigenvalue weighted by atomic mass is 10.1. The van der Waals surface area contributed by atoms with Crippen LogP contribution >= 0.6 is 35.0 Å². The number of carbonyl (C=O) groups excluding carboxylic acids is 1. The van der Waals surface area contributed by atoms with E-state index in [0.717, 1.165) is 17.7 Å². The summed E-state index contributed by atoms with van der Waals surface area (Å²) in [4.78, 5) is 17.2. The van der Waals surface area contributed by atoms with Crippen LogP contribution in [0.4, 0.5) is 5.69 Å². The van der Waals surface area contributed by atoms with Crippen molar-refractivity contribution in [3.05, 3.63) is 68.5 Å². The first-order valence-electron chi connectivity index (χ1n) is 8.38. The molecule has 0 aromatic heterocycles. The maximum absolute atomic E-state index is 12.2. The summed E-state index contributed by atoms with van der Waals surface area (Å²) in [6.07, 6.45) is 5.18. The second-order valence-electron chi connectivity index (χ2n) is 5.92. The number of hydrogen-bond donors (Lipinski definition) is 1. The van der Waals surface area contributed by atoms with Crippen molar-refractivity contribution in [2.45, 2.75) is 26.2 Å². The van der Waals surface area contributed by atoms with Crippen LogP contribution in [-0.2, 0) is 11.2 Å². The number of thioether (sulfide) groups is 1. The number of aryl methyl sites for hydroxylation is 1. The third-order valence-corrected chi connectivity index (χ3v) is 5.36. The number of carbonyl (C=O) groups is 1. The lowest BCUT2D eigenvalue weighted by Crippen LogP contribution is -2.19. The molecule has 0 saturated carbocycles. The van der Waals surface area contributed by atoms with E-state index in [1.165, 1.54) is 30.2 Å². The van der Waals surface area contributed by atoms with Crippen LogP contribution in [0, 0.1) is 0 Å². The molecule has 1 aliphatic rings. The summed E-state index contributed by atoms with van der Waals surface area (Å²) in [6, 6.07) is 13.3. The van der Waals surface area contributed by atoms with E-state index in [1.54, 1.807) is 24.3 Å². The molecule has 1 heterocycles. The molecule has 6 heteroatoms. The molecule has 26 heavy (non-hydrogen) atoms. The third-order valence-electron chi connectivity index (χ3n) is 3.89. The van der Waals surface area contributed by atoms with Gasteiger partial charge in [-0.25, -0.2) is 4.99 Å². The summed E-state index contributed by atoms with van der Waals surface area (Å²) in [5.74, 6) is -0.181. The molecule has 2 aromatic carbocycles. The van der Waals surface area contributed by atoms with Gasteiger partial charge in [-0.05, 0) is 66.1 Å². The molecule has 1 N–H and O–H groups in total. The van der Waals surface area contributed by atoms with E-state index < -0.39 is 0 Å². The zero-order chi connectivity index (χ0) is 18.5. The van der Waals surface area contributed by atoms with Gasteiger partial charge < -0.3 is 5.32 Å². The third kappa shape index (κ3) is 4.91. The average molecular weight is 405 g/mol. The van der Waals surface area contributed by atoms with E-state index in [2.05, 4.69) is 29.4 Å². The van der Waals surface area contributed by atoms with Crippen LogP contribution in [0.5, 0.6) is 0 Å². The highest BCUT2D eigenvalue weighted by molar-refractivity contribution is 8.18. The molecule has 3 rings (SSSR count). The van der Waals surface area contributed by atoms with Crippen LogP contribution in [0.25, 0.3) is 6.08 Å². The van der Waals surface area contributed by atoms with Crippen molar-refractivity contribution in [1.29, 1.82) is 0 Å². The number of aliphatic imine (C=N–C) groups is 1. The average Bonchev–Trinajstić information content (AvgIpc) is 2.96. The number of unbranched alkanes of at least 4 members (excludes halogenated alkanes) is 1. The highest BCUT2D eigenvalue weighted by atomic mass is 35.5. The second kappa shape index (κ2) is 8.76. The van der Waals surface area contributed by atoms with E-state index >= 15 is 0 Å². The number of rotatable bonds is 5. The molecule has 0 atom stereocenters. The molecule has 0 spiro atoms. The lowest BCUT2D eigenvalue weighted by molar-refractivity contribution is -0.115. The van der Waals surface area contributed by atoms with E-state index in [-0.39, 0.29) is 5.91 Å². The van der Waals surface area contributed by atoms with Gasteiger partial charge in [0.25, 0.3) is 5.91 Å². The van der Waals surface area contributed by atoms with Crippen molar-refractivity contribution < 1.29 is 4.79 Å². The zero-order valence-electron chi connectivity index (χ0n) is 14.3. The van der Waals surface area contributed by atoms with E-state index in [0.29, 0.717) is 20.1 Å². The molecule has 1 amide bonds. The molecule has 3 nitrogen and oxygen atoms in total. The Kier molecular flexibility index (Phi) is 6.41. The van der Waals surface area contributed by atoms with Crippen LogP contribution in [-0.4, -0.2) is 11.1 Å². The monoisotopic (exact) mass is 404 g/mol. The Bertz CT molecular complexity index is 876. The van der Waals surface area contributed by atoms with Crippen LogP contribution in [0.1, 0.15) is 30.9 Å². The highest BCUT2D eigenvalue weighted by Crippen LogP contribution is 2.30. The van der Waals surface area contributed by atoms with Gasteiger partial charge in [-0.15, -0.1) is 0 Å². The largest absolute Gasteiger partial charge is 0.300 e. The van der Waals surface area contributed by atoms with Gasteiger partial charge in [0.2, 0.25) is 0 Å². The second-order valence-corrected chi connectivity index (χ2v) is 7.79. The van der Waals surface area contributed by atoms with Crippen molar-refractivity contribution >= 4 is 57.8 Å². The zero-order valence-corrected chi connectivity index (χ0v) is 16.6. The first kappa shape index (κ1) is 19.0. The summed E-state index contributed by atoms with van der Waals surface area (Å²) in [5.41, 5.74) is 2.87. The minimum atomic E-state index is -0.181. The van der Waals surface area contributed by atoms with Gasteiger partial charge in [-0.2, -0.15) is 0 Å². The summed E-state index contributed by atoms with van der Waals surface area (Å²) >= 11 is 13.4. The highest BCUT2D eigenvalue weighted by Gasteiger charge is 2.24. The number of amidine groups is 1. The maximum atomic E-state index is 12.2. The Hall–Kier alpha value is -1.75. The van der Waals surface area contributed by atoms with Gasteiger partial charge in [0.05, 0.1) is 10.6 Å². The quantitative estimate of drug-likeness (QED) is 0.600. The summed E-state index contributed by atoms with van der Waals surface area (Å²) in [6.45, 7) is 2.18. The predicted molar refractivity (Wildman–Crippen MR) is 112 cm³/mol. The topological polar surface area (TPSA) is 41.5 Å². The SMILES string of the molecule is CCCCc1ccc(N=C2NC(=O)C(=Cc3ccc(Cl)cc3Cl)S2)cc1. The Balaban J connectivity index is 1.74. The number of amides is 1. The fourth-order valence-electron chi connectivity index (χ4n) is 2.48. The molecule has 0 bridgehead atoms. The Labute approximate surface area is 167 Å². The molecule has 0 unspecified atom stereocenters. The standard InChI is InChI=1S/C20H18Cl2N2OS/c1-2-3-4-13-5-9-16(10-6-13)23-20-24-19(25)18(26-20)11-14-7-8-15(21)12-17(14)22/h5-12H,2-4H2,1H3,(H,23,24,25). The van der Waals surface area contributed by atoms with Crippen molar-refractivity contribution in [1.82, 2.24) is 5.32 Å². The molecule has 134 valence electrons. The lowest BCUT2D eigenvalue weighted by Gasteiger charge is -2.01. The van der Waals surface area contributed by atoms with Crippen molar-refractivity contribution in [2.75, 3.05) is 0 Å². The Morgan fingerprint density at radius 2 is 1.92 bits per heavy atom. The molecular weight excluding hydrogens is 387 g/mol. The van der Waals surface area contributed by atoms with Gasteiger partial charge in [0.1, 0.15) is 0 Å². The van der Waals surface area contributed by atoms with E-state index in [9.17, 15) is 4.79 Å². The summed E-state index contributed by atoms with van der Waals surface area (Å²) < 4.78 is 0. The molecule has 0 aliphatic carbocycles. The minimum Gasteiger partial charge on any atom is -0.300 e. The summed E-state index contributed by atoms with van der Waals surface area (Å²) in [5, 5.41) is 4.42. The molecule has 0 radical (unpaired) electrons. The molecule has 2 aromatic rings. The molecule has 1 fully saturated rings. The van der Waals surface area contributed by atoms with Crippen molar-refractivity contribution in [3.63, 3.8) is 0 Å². The molecule has 1 aliphatic heterocycles. The Morgan fingerprint density at radius 3 is 2.62 bits per heavy atom. The van der Waals surface area contributed by atoms with Gasteiger partial charge in [-0.3, -0.25) is 4.79 Å². The van der Waals surface area contributed by atoms with Gasteiger partial charge >= 0.3 is 0 Å². The van der Waals surface area contributed by atoms with Crippen molar-refractivity contribution in [2.24, 2.45) is 4.99 Å². The fraction of sp³-hybridized carbons (Fsp3) is 0.200.